The molecule has 1 aromatic carbocycles. The normalized spacial score (nSPS) is 19.3. The van der Waals surface area contributed by atoms with Gasteiger partial charge in [0.1, 0.15) is 0 Å². The Kier molecular flexibility index (Phi) is 4.76. The fourth-order valence-electron chi connectivity index (χ4n) is 2.24. The highest BCUT2D eigenvalue weighted by Gasteiger charge is 2.20. The topological polar surface area (TPSA) is 64.8 Å². The quantitative estimate of drug-likeness (QED) is 0.823. The number of anilines is 1. The first kappa shape index (κ1) is 13.8. The van der Waals surface area contributed by atoms with E-state index in [0.717, 1.165) is 25.2 Å². The number of rotatable bonds is 4. The van der Waals surface area contributed by atoms with Crippen LogP contribution in [0.15, 0.2) is 24.3 Å². The van der Waals surface area contributed by atoms with E-state index in [2.05, 4.69) is 9.64 Å². The van der Waals surface area contributed by atoms with Gasteiger partial charge in [-0.3, -0.25) is 0 Å². The average Bonchev–Trinajstić information content (AvgIpc) is 2.47. The van der Waals surface area contributed by atoms with Crippen LogP contribution in [0.3, 0.4) is 0 Å². The Hall–Kier alpha value is -1.59. The lowest BCUT2D eigenvalue weighted by Gasteiger charge is -2.34. The predicted molar refractivity (Wildman–Crippen MR) is 73.4 cm³/mol. The van der Waals surface area contributed by atoms with Crippen molar-refractivity contribution in [2.45, 2.75) is 12.5 Å². The molecule has 104 valence electrons. The maximum atomic E-state index is 11.4. The Morgan fingerprint density at radius 2 is 2.21 bits per heavy atom. The zero-order valence-corrected chi connectivity index (χ0v) is 11.2. The molecule has 1 saturated heterocycles. The van der Waals surface area contributed by atoms with Gasteiger partial charge in [-0.05, 0) is 37.2 Å². The van der Waals surface area contributed by atoms with Gasteiger partial charge in [-0.2, -0.15) is 0 Å². The van der Waals surface area contributed by atoms with Crippen molar-refractivity contribution in [3.8, 4) is 0 Å². The Bertz CT molecular complexity index is 417. The lowest BCUT2D eigenvalue weighted by Crippen LogP contribution is -2.43. The van der Waals surface area contributed by atoms with Crippen molar-refractivity contribution in [3.63, 3.8) is 0 Å². The molecule has 1 heterocycles. The summed E-state index contributed by atoms with van der Waals surface area (Å²) in [6.45, 7) is 3.05. The molecule has 0 saturated carbocycles. The number of nitrogens with zero attached hydrogens (tertiary/aromatic N) is 1. The first-order valence-corrected chi connectivity index (χ1v) is 6.49. The summed E-state index contributed by atoms with van der Waals surface area (Å²) in [5.41, 5.74) is 7.23. The molecule has 5 heteroatoms. The fourth-order valence-corrected chi connectivity index (χ4v) is 2.24. The van der Waals surface area contributed by atoms with E-state index in [-0.39, 0.29) is 12.1 Å². The number of morpholine rings is 1. The number of nitrogens with two attached hydrogens (primary N) is 1. The molecule has 1 fully saturated rings. The fraction of sp³-hybridized carbons (Fsp3) is 0.500. The van der Waals surface area contributed by atoms with Crippen molar-refractivity contribution >= 4 is 11.7 Å². The third-order valence-corrected chi connectivity index (χ3v) is 3.28. The SMILES string of the molecule is COC(=O)c1ccc(N2CCOC(CCN)C2)cc1. The average molecular weight is 264 g/mol. The van der Waals surface area contributed by atoms with Crippen LogP contribution in [0.2, 0.25) is 0 Å². The molecule has 0 spiro atoms. The molecule has 1 aromatic rings. The summed E-state index contributed by atoms with van der Waals surface area (Å²) in [6.07, 6.45) is 1.07. The van der Waals surface area contributed by atoms with Crippen LogP contribution >= 0.6 is 0 Å². The van der Waals surface area contributed by atoms with E-state index in [4.69, 9.17) is 10.5 Å². The zero-order valence-electron chi connectivity index (χ0n) is 11.2. The molecule has 1 aliphatic rings. The third-order valence-electron chi connectivity index (χ3n) is 3.28. The van der Waals surface area contributed by atoms with Crippen molar-refractivity contribution in [2.75, 3.05) is 38.3 Å². The van der Waals surface area contributed by atoms with Crippen LogP contribution < -0.4 is 10.6 Å². The second kappa shape index (κ2) is 6.54. The largest absolute Gasteiger partial charge is 0.465 e. The second-order valence-electron chi connectivity index (χ2n) is 4.55. The van der Waals surface area contributed by atoms with Gasteiger partial charge in [0.15, 0.2) is 0 Å². The number of hydrogen-bond donors (Lipinski definition) is 1. The summed E-state index contributed by atoms with van der Waals surface area (Å²) in [6, 6.07) is 7.46. The van der Waals surface area contributed by atoms with Crippen molar-refractivity contribution in [3.05, 3.63) is 29.8 Å². The molecular weight excluding hydrogens is 244 g/mol. The van der Waals surface area contributed by atoms with Crippen LogP contribution in [0.1, 0.15) is 16.8 Å². The van der Waals surface area contributed by atoms with Crippen molar-refractivity contribution < 1.29 is 14.3 Å². The van der Waals surface area contributed by atoms with Gasteiger partial charge >= 0.3 is 5.97 Å². The minimum absolute atomic E-state index is 0.194. The lowest BCUT2D eigenvalue weighted by molar-refractivity contribution is 0.0368. The van der Waals surface area contributed by atoms with Gasteiger partial charge in [0, 0.05) is 18.8 Å². The number of esters is 1. The summed E-state index contributed by atoms with van der Waals surface area (Å²) in [4.78, 5) is 13.6. The Labute approximate surface area is 113 Å². The monoisotopic (exact) mass is 264 g/mol. The number of ether oxygens (including phenoxy) is 2. The van der Waals surface area contributed by atoms with Crippen LogP contribution in [-0.4, -0.2) is 45.4 Å². The molecule has 2 rings (SSSR count). The van der Waals surface area contributed by atoms with Crippen LogP contribution in [0.4, 0.5) is 5.69 Å². The van der Waals surface area contributed by atoms with E-state index in [1.54, 1.807) is 12.1 Å². The lowest BCUT2D eigenvalue weighted by atomic mass is 10.1. The van der Waals surface area contributed by atoms with E-state index in [1.165, 1.54) is 7.11 Å². The summed E-state index contributed by atoms with van der Waals surface area (Å²) in [7, 11) is 1.38. The van der Waals surface area contributed by atoms with Crippen molar-refractivity contribution in [2.24, 2.45) is 5.73 Å². The maximum absolute atomic E-state index is 11.4. The standard InChI is InChI=1S/C14H20N2O3/c1-18-14(17)11-2-4-12(5-3-11)16-8-9-19-13(10-16)6-7-15/h2-5,13H,6-10,15H2,1H3. The zero-order chi connectivity index (χ0) is 13.7. The van der Waals surface area contributed by atoms with E-state index in [9.17, 15) is 4.79 Å². The van der Waals surface area contributed by atoms with E-state index >= 15 is 0 Å². The van der Waals surface area contributed by atoms with Gasteiger partial charge in [-0.25, -0.2) is 4.79 Å². The number of methoxy groups -OCH3 is 1. The van der Waals surface area contributed by atoms with E-state index < -0.39 is 0 Å². The maximum Gasteiger partial charge on any atom is 0.337 e. The number of benzene rings is 1. The molecule has 1 aliphatic heterocycles. The van der Waals surface area contributed by atoms with Crippen molar-refractivity contribution in [1.29, 1.82) is 0 Å². The number of carbonyl (C=O) groups is 1. The summed E-state index contributed by atoms with van der Waals surface area (Å²) < 4.78 is 10.3. The smallest absolute Gasteiger partial charge is 0.337 e. The number of hydrogen-bond acceptors (Lipinski definition) is 5. The molecule has 1 unspecified atom stereocenters. The van der Waals surface area contributed by atoms with Gasteiger partial charge in [-0.15, -0.1) is 0 Å². The Balaban J connectivity index is 2.03. The van der Waals surface area contributed by atoms with Crippen LogP contribution in [0.25, 0.3) is 0 Å². The minimum atomic E-state index is -0.311. The second-order valence-corrected chi connectivity index (χ2v) is 4.55. The molecule has 19 heavy (non-hydrogen) atoms. The molecule has 0 bridgehead atoms. The van der Waals surface area contributed by atoms with Crippen LogP contribution in [0, 0.1) is 0 Å². The molecule has 2 N–H and O–H groups in total. The summed E-state index contributed by atoms with van der Waals surface area (Å²) in [5, 5.41) is 0. The van der Waals surface area contributed by atoms with Crippen LogP contribution in [0.5, 0.6) is 0 Å². The van der Waals surface area contributed by atoms with Gasteiger partial charge in [0.25, 0.3) is 0 Å². The summed E-state index contributed by atoms with van der Waals surface area (Å²) in [5.74, 6) is -0.311. The van der Waals surface area contributed by atoms with Gasteiger partial charge in [0.05, 0.1) is 25.4 Å². The summed E-state index contributed by atoms with van der Waals surface area (Å²) >= 11 is 0. The Morgan fingerprint density at radius 3 is 2.84 bits per heavy atom. The highest BCUT2D eigenvalue weighted by atomic mass is 16.5. The number of carbonyl (C=O) groups excluding carboxylic acids is 1. The first-order chi connectivity index (χ1) is 9.24. The molecular formula is C14H20N2O3. The Morgan fingerprint density at radius 1 is 1.47 bits per heavy atom. The van der Waals surface area contributed by atoms with E-state index in [0.29, 0.717) is 18.7 Å². The molecule has 0 aliphatic carbocycles. The van der Waals surface area contributed by atoms with Crippen LogP contribution in [-0.2, 0) is 9.47 Å². The minimum Gasteiger partial charge on any atom is -0.465 e. The highest BCUT2D eigenvalue weighted by molar-refractivity contribution is 5.89. The molecule has 1 atom stereocenters. The highest BCUT2D eigenvalue weighted by Crippen LogP contribution is 2.19. The molecule has 0 amide bonds. The van der Waals surface area contributed by atoms with Gasteiger partial charge < -0.3 is 20.1 Å². The van der Waals surface area contributed by atoms with Gasteiger partial charge in [-0.1, -0.05) is 0 Å². The molecule has 0 aromatic heterocycles. The predicted octanol–water partition coefficient (Wildman–Crippen LogP) is 1.03. The first-order valence-electron chi connectivity index (χ1n) is 6.49. The van der Waals surface area contributed by atoms with Gasteiger partial charge in [0.2, 0.25) is 0 Å². The molecule has 5 nitrogen and oxygen atoms in total. The molecule has 0 radical (unpaired) electrons. The third kappa shape index (κ3) is 3.45. The van der Waals surface area contributed by atoms with Crippen molar-refractivity contribution in [1.82, 2.24) is 0 Å². The van der Waals surface area contributed by atoms with E-state index in [1.807, 2.05) is 12.1 Å².